The Hall–Kier alpha value is -4.66. The maximum atomic E-state index is 15.4. The molecular formula is C40H33ClF8N4O4S. The number of pyridine rings is 1. The molecule has 306 valence electrons. The molecule has 0 radical (unpaired) electrons. The molecule has 18 heteroatoms. The van der Waals surface area contributed by atoms with E-state index in [0.29, 0.717) is 27.4 Å². The van der Waals surface area contributed by atoms with Crippen molar-refractivity contribution in [2.45, 2.75) is 68.6 Å². The van der Waals surface area contributed by atoms with Gasteiger partial charge in [-0.2, -0.15) is 13.9 Å². The van der Waals surface area contributed by atoms with E-state index in [9.17, 15) is 44.7 Å². The van der Waals surface area contributed by atoms with Gasteiger partial charge < -0.3 is 5.11 Å². The fourth-order valence-electron chi connectivity index (χ4n) is 8.00. The van der Waals surface area contributed by atoms with Gasteiger partial charge in [0, 0.05) is 47.3 Å². The maximum Gasteiger partial charge on any atom is 0.293 e. The van der Waals surface area contributed by atoms with Gasteiger partial charge in [-0.05, 0) is 78.6 Å². The van der Waals surface area contributed by atoms with Crippen molar-refractivity contribution < 1.29 is 53.4 Å². The standard InChI is InChI=1S/C40H33ClF8N4O4S/c1-19-32-26(5-6-30(41)34(32)31(50-19)16-58(2,56)57)27-4-3-24(7-8-39(55,17-42)18-43)51-35(27)21(9-20-10-22(44)13-23(45)11-20)12-25(54)15-53-37-33(36(52-53)38(46)47)28-14-29(28)40(37,48)49/h3-6,10-11,13,19,21,28-29,38,55H,9,12,14-18H2,1-2H3/t19?,21-,28+,29-/m1/s1. The highest BCUT2D eigenvalue weighted by molar-refractivity contribution is 7.91. The quantitative estimate of drug-likeness (QED) is 0.108. The molecule has 2 aliphatic carbocycles. The van der Waals surface area contributed by atoms with Crippen molar-refractivity contribution in [1.29, 1.82) is 0 Å². The van der Waals surface area contributed by atoms with Gasteiger partial charge in [-0.3, -0.25) is 14.5 Å². The third kappa shape index (κ3) is 7.90. The normalized spacial score (nSPS) is 19.6. The highest BCUT2D eigenvalue weighted by Gasteiger charge is 2.67. The molecule has 4 aromatic rings. The van der Waals surface area contributed by atoms with Crippen molar-refractivity contribution in [2.75, 3.05) is 25.4 Å². The lowest BCUT2D eigenvalue weighted by atomic mass is 9.84. The predicted octanol–water partition coefficient (Wildman–Crippen LogP) is 7.94. The Morgan fingerprint density at radius 2 is 1.72 bits per heavy atom. The number of rotatable bonds is 13. The van der Waals surface area contributed by atoms with E-state index in [0.717, 1.165) is 18.4 Å². The SMILES string of the molecule is CC1N=C(CS(C)(=O)=O)c2c(Cl)ccc(-c3ccc(C#CC(O)(CF)CF)nc3[C@@H](CC(=O)Cn3nc(C(F)F)c4c3C(F)(F)[C@@H]3C[C@H]43)Cc3cc(F)cc(F)c3)c21. The number of hydrogen-bond donors (Lipinski definition) is 1. The second-order valence-electron chi connectivity index (χ2n) is 15.0. The van der Waals surface area contributed by atoms with E-state index in [1.807, 2.05) is 0 Å². The van der Waals surface area contributed by atoms with Crippen molar-refractivity contribution in [3.05, 3.63) is 104 Å². The molecule has 3 heterocycles. The number of fused-ring (bicyclic) bond motifs is 4. The first-order valence-corrected chi connectivity index (χ1v) is 20.4. The van der Waals surface area contributed by atoms with E-state index in [-0.39, 0.29) is 51.7 Å². The van der Waals surface area contributed by atoms with E-state index in [1.54, 1.807) is 13.0 Å². The molecule has 7 rings (SSSR count). The average Bonchev–Trinajstić information content (AvgIpc) is 3.68. The molecular weight excluding hydrogens is 820 g/mol. The van der Waals surface area contributed by atoms with E-state index < -0.39 is 112 Å². The van der Waals surface area contributed by atoms with Gasteiger partial charge in [0.1, 0.15) is 48.6 Å². The number of nitrogens with zero attached hydrogens (tertiary/aromatic N) is 4. The number of halogens is 9. The number of alkyl halides is 6. The Morgan fingerprint density at radius 1 is 1.05 bits per heavy atom. The zero-order valence-corrected chi connectivity index (χ0v) is 32.2. The summed E-state index contributed by atoms with van der Waals surface area (Å²) in [6, 6.07) is 7.84. The molecule has 3 aliphatic rings. The summed E-state index contributed by atoms with van der Waals surface area (Å²) in [7, 11) is -3.60. The fraction of sp³-hybridized carbons (Fsp3) is 0.400. The lowest BCUT2D eigenvalue weighted by molar-refractivity contribution is -0.120. The van der Waals surface area contributed by atoms with Crippen molar-refractivity contribution in [3.8, 4) is 23.0 Å². The van der Waals surface area contributed by atoms with Gasteiger partial charge >= 0.3 is 0 Å². The topological polar surface area (TPSA) is 115 Å². The van der Waals surface area contributed by atoms with Crippen LogP contribution in [0.1, 0.15) is 89.1 Å². The molecule has 4 atom stereocenters. The summed E-state index contributed by atoms with van der Waals surface area (Å²) < 4.78 is 140. The summed E-state index contributed by atoms with van der Waals surface area (Å²) in [4.78, 5) is 23.2. The van der Waals surface area contributed by atoms with Crippen molar-refractivity contribution in [2.24, 2.45) is 10.9 Å². The number of Topliss-reactive ketones (excluding diaryl/α,β-unsaturated/α-hetero) is 1. The highest BCUT2D eigenvalue weighted by atomic mass is 35.5. The molecule has 1 fully saturated rings. The number of carbonyl (C=O) groups is 1. The van der Waals surface area contributed by atoms with E-state index in [2.05, 4.69) is 26.9 Å². The molecule has 58 heavy (non-hydrogen) atoms. The first kappa shape index (κ1) is 41.5. The second-order valence-corrected chi connectivity index (χ2v) is 17.5. The summed E-state index contributed by atoms with van der Waals surface area (Å²) in [5, 5.41) is 14.1. The minimum absolute atomic E-state index is 0.00117. The van der Waals surface area contributed by atoms with Crippen LogP contribution in [-0.4, -0.2) is 70.7 Å². The number of sulfone groups is 1. The Labute approximate surface area is 332 Å². The smallest absolute Gasteiger partial charge is 0.293 e. The average molecular weight is 853 g/mol. The van der Waals surface area contributed by atoms with Crippen molar-refractivity contribution >= 4 is 32.9 Å². The number of ketones is 1. The molecule has 1 saturated carbocycles. The molecule has 0 bridgehead atoms. The summed E-state index contributed by atoms with van der Waals surface area (Å²) in [6.07, 6.45) is -3.08. The van der Waals surface area contributed by atoms with Crippen LogP contribution in [0.25, 0.3) is 11.1 Å². The van der Waals surface area contributed by atoms with Crippen LogP contribution < -0.4 is 0 Å². The molecule has 0 amide bonds. The number of aromatic nitrogens is 3. The van der Waals surface area contributed by atoms with Crippen LogP contribution in [0.3, 0.4) is 0 Å². The van der Waals surface area contributed by atoms with Crippen molar-refractivity contribution in [3.63, 3.8) is 0 Å². The number of hydrogen-bond acceptors (Lipinski definition) is 7. The molecule has 1 unspecified atom stereocenters. The lowest BCUT2D eigenvalue weighted by Crippen LogP contribution is -2.31. The van der Waals surface area contributed by atoms with Gasteiger partial charge in [0.2, 0.25) is 0 Å². The lowest BCUT2D eigenvalue weighted by Gasteiger charge is -2.23. The highest BCUT2D eigenvalue weighted by Crippen LogP contribution is 2.68. The molecule has 8 nitrogen and oxygen atoms in total. The van der Waals surface area contributed by atoms with Crippen LogP contribution in [0.4, 0.5) is 35.1 Å². The van der Waals surface area contributed by atoms with Gasteiger partial charge in [-0.25, -0.2) is 39.7 Å². The molecule has 2 aromatic carbocycles. The molecule has 0 spiro atoms. The van der Waals surface area contributed by atoms with Gasteiger partial charge in [0.15, 0.2) is 21.2 Å². The minimum atomic E-state index is -3.60. The summed E-state index contributed by atoms with van der Waals surface area (Å²) in [6.45, 7) is -2.33. The second kappa shape index (κ2) is 15.2. The molecule has 1 N–H and O–H groups in total. The number of aliphatic hydroxyl groups is 1. The van der Waals surface area contributed by atoms with E-state index >= 15 is 8.78 Å². The van der Waals surface area contributed by atoms with Gasteiger partial charge in [0.05, 0.1) is 28.2 Å². The number of aliphatic imine (C=N–C) groups is 1. The van der Waals surface area contributed by atoms with E-state index in [1.165, 1.54) is 18.2 Å². The first-order chi connectivity index (χ1) is 27.2. The van der Waals surface area contributed by atoms with Crippen LogP contribution in [0.2, 0.25) is 5.02 Å². The monoisotopic (exact) mass is 852 g/mol. The van der Waals surface area contributed by atoms with Crippen LogP contribution in [0.5, 0.6) is 0 Å². The largest absolute Gasteiger partial charge is 0.373 e. The first-order valence-electron chi connectivity index (χ1n) is 17.9. The zero-order valence-electron chi connectivity index (χ0n) is 30.6. The fourth-order valence-corrected chi connectivity index (χ4v) is 8.99. The van der Waals surface area contributed by atoms with Crippen LogP contribution in [0, 0.1) is 29.4 Å². The molecule has 0 saturated heterocycles. The van der Waals surface area contributed by atoms with E-state index in [4.69, 9.17) is 11.6 Å². The van der Waals surface area contributed by atoms with Crippen LogP contribution in [0.15, 0.2) is 47.5 Å². The third-order valence-corrected chi connectivity index (χ3v) is 11.6. The van der Waals surface area contributed by atoms with Gasteiger partial charge in [-0.1, -0.05) is 23.6 Å². The van der Waals surface area contributed by atoms with Crippen LogP contribution >= 0.6 is 11.6 Å². The summed E-state index contributed by atoms with van der Waals surface area (Å²) in [5.74, 6) is -5.36. The Balaban J connectivity index is 1.38. The molecule has 1 aliphatic heterocycles. The summed E-state index contributed by atoms with van der Waals surface area (Å²) >= 11 is 6.61. The zero-order chi connectivity index (χ0) is 42.1. The minimum Gasteiger partial charge on any atom is -0.373 e. The molecule has 2 aromatic heterocycles. The predicted molar refractivity (Wildman–Crippen MR) is 197 cm³/mol. The Bertz CT molecular complexity index is 2530. The maximum absolute atomic E-state index is 15.4. The van der Waals surface area contributed by atoms with Crippen LogP contribution in [-0.2, 0) is 33.5 Å². The Morgan fingerprint density at radius 3 is 2.36 bits per heavy atom. The van der Waals surface area contributed by atoms with Gasteiger partial charge in [-0.15, -0.1) is 0 Å². The third-order valence-electron chi connectivity index (χ3n) is 10.5. The number of carbonyl (C=O) groups excluding carboxylic acids is 1. The van der Waals surface area contributed by atoms with Gasteiger partial charge in [0.25, 0.3) is 12.3 Å². The van der Waals surface area contributed by atoms with Crippen molar-refractivity contribution in [1.82, 2.24) is 14.8 Å². The Kier molecular flexibility index (Phi) is 10.9. The number of benzene rings is 2. The summed E-state index contributed by atoms with van der Waals surface area (Å²) in [5.41, 5.74) is -3.07.